The summed E-state index contributed by atoms with van der Waals surface area (Å²) in [6.07, 6.45) is -1.65. The molecular formula is C14H23N2O9P. The number of hydrogen-bond acceptors (Lipinski definition) is 7. The van der Waals surface area contributed by atoms with Crippen molar-refractivity contribution in [2.75, 3.05) is 13.2 Å². The number of aliphatic hydroxyl groups is 1. The van der Waals surface area contributed by atoms with Gasteiger partial charge in [-0.2, -0.15) is 0 Å². The molecule has 4 N–H and O–H groups in total. The van der Waals surface area contributed by atoms with Gasteiger partial charge in [0, 0.05) is 18.4 Å². The quantitative estimate of drug-likeness (QED) is 0.333. The molecule has 1 fully saturated rings. The van der Waals surface area contributed by atoms with Gasteiger partial charge in [-0.05, 0) is 13.3 Å². The number of hydrogen-bond donors (Lipinski definition) is 4. The predicted molar refractivity (Wildman–Crippen MR) is 88.6 cm³/mol. The summed E-state index contributed by atoms with van der Waals surface area (Å²) in [6.45, 7) is 3.16. The van der Waals surface area contributed by atoms with Crippen molar-refractivity contribution in [2.24, 2.45) is 0 Å². The number of rotatable bonds is 8. The zero-order valence-electron chi connectivity index (χ0n) is 14.4. The summed E-state index contributed by atoms with van der Waals surface area (Å²) in [5.74, 6) is 0. The fourth-order valence-electron chi connectivity index (χ4n) is 2.57. The molecule has 11 nitrogen and oxygen atoms in total. The van der Waals surface area contributed by atoms with E-state index in [1.807, 2.05) is 6.92 Å². The fraction of sp³-hybridized carbons (Fsp3) is 0.714. The van der Waals surface area contributed by atoms with Gasteiger partial charge in [0.1, 0.15) is 18.3 Å². The van der Waals surface area contributed by atoms with E-state index in [1.54, 1.807) is 0 Å². The SMILES string of the molecule is CCCCO[C@@H]1[C@H](O)[C@@H](COP(=O)(O)O)O[C@H]1n1cc(C)c(=O)[nH]c1=O. The zero-order valence-corrected chi connectivity index (χ0v) is 15.3. The first-order valence-electron chi connectivity index (χ1n) is 8.11. The lowest BCUT2D eigenvalue weighted by Gasteiger charge is -2.22. The average Bonchev–Trinajstić information content (AvgIpc) is 2.85. The Labute approximate surface area is 148 Å². The Morgan fingerprint density at radius 3 is 2.69 bits per heavy atom. The second-order valence-electron chi connectivity index (χ2n) is 6.01. The van der Waals surface area contributed by atoms with Gasteiger partial charge in [-0.3, -0.25) is 18.9 Å². The first kappa shape index (κ1) is 21.0. The fourth-order valence-corrected chi connectivity index (χ4v) is 2.91. The van der Waals surface area contributed by atoms with E-state index in [0.29, 0.717) is 13.0 Å². The van der Waals surface area contributed by atoms with Crippen molar-refractivity contribution in [3.05, 3.63) is 32.6 Å². The highest BCUT2D eigenvalue weighted by molar-refractivity contribution is 7.46. The van der Waals surface area contributed by atoms with Gasteiger partial charge in [0.2, 0.25) is 0 Å². The minimum absolute atomic E-state index is 0.255. The van der Waals surface area contributed by atoms with Crippen LogP contribution in [-0.4, -0.2) is 56.0 Å². The predicted octanol–water partition coefficient (Wildman–Crippen LogP) is -0.602. The molecule has 0 amide bonds. The molecule has 0 saturated carbocycles. The zero-order chi connectivity index (χ0) is 19.5. The molecule has 0 spiro atoms. The summed E-state index contributed by atoms with van der Waals surface area (Å²) >= 11 is 0. The molecule has 2 rings (SSSR count). The summed E-state index contributed by atoms with van der Waals surface area (Å²) in [6, 6.07) is 0. The molecular weight excluding hydrogens is 371 g/mol. The minimum atomic E-state index is -4.75. The molecule has 0 aromatic carbocycles. The molecule has 1 aliphatic heterocycles. The number of unbranched alkanes of at least 4 members (excludes halogenated alkanes) is 1. The van der Waals surface area contributed by atoms with Crippen molar-refractivity contribution in [3.8, 4) is 0 Å². The maximum atomic E-state index is 12.1. The van der Waals surface area contributed by atoms with E-state index >= 15 is 0 Å². The largest absolute Gasteiger partial charge is 0.469 e. The van der Waals surface area contributed by atoms with Gasteiger partial charge in [0.05, 0.1) is 6.61 Å². The first-order chi connectivity index (χ1) is 12.1. The van der Waals surface area contributed by atoms with Crippen LogP contribution < -0.4 is 11.2 Å². The molecule has 26 heavy (non-hydrogen) atoms. The number of nitrogens with zero attached hydrogens (tertiary/aromatic N) is 1. The Kier molecular flexibility index (Phi) is 6.92. The Bertz CT molecular complexity index is 770. The van der Waals surface area contributed by atoms with Crippen LogP contribution >= 0.6 is 7.82 Å². The van der Waals surface area contributed by atoms with Crippen molar-refractivity contribution < 1.29 is 33.5 Å². The van der Waals surface area contributed by atoms with Gasteiger partial charge in [0.25, 0.3) is 5.56 Å². The van der Waals surface area contributed by atoms with E-state index in [4.69, 9.17) is 19.3 Å². The number of H-pyrrole nitrogens is 1. The van der Waals surface area contributed by atoms with Gasteiger partial charge >= 0.3 is 13.5 Å². The monoisotopic (exact) mass is 394 g/mol. The molecule has 0 aliphatic carbocycles. The van der Waals surface area contributed by atoms with Crippen LogP contribution in [0.3, 0.4) is 0 Å². The van der Waals surface area contributed by atoms with E-state index < -0.39 is 50.2 Å². The summed E-state index contributed by atoms with van der Waals surface area (Å²) in [5.41, 5.74) is -1.04. The second-order valence-corrected chi connectivity index (χ2v) is 7.25. The third kappa shape index (κ3) is 5.10. The van der Waals surface area contributed by atoms with E-state index in [9.17, 15) is 19.3 Å². The summed E-state index contributed by atoms with van der Waals surface area (Å²) in [5, 5.41) is 10.4. The van der Waals surface area contributed by atoms with E-state index in [2.05, 4.69) is 9.51 Å². The van der Waals surface area contributed by atoms with E-state index in [-0.39, 0.29) is 5.56 Å². The van der Waals surface area contributed by atoms with Crippen molar-refractivity contribution in [3.63, 3.8) is 0 Å². The molecule has 1 aromatic heterocycles. The van der Waals surface area contributed by atoms with Crippen molar-refractivity contribution in [2.45, 2.75) is 51.2 Å². The topological polar surface area (TPSA) is 160 Å². The Hall–Kier alpha value is -1.33. The van der Waals surface area contributed by atoms with Gasteiger partial charge in [-0.15, -0.1) is 0 Å². The van der Waals surface area contributed by atoms with Gasteiger partial charge in [-0.1, -0.05) is 13.3 Å². The number of aliphatic hydroxyl groups excluding tert-OH is 1. The van der Waals surface area contributed by atoms with Crippen LogP contribution in [0.4, 0.5) is 0 Å². The highest BCUT2D eigenvalue weighted by Crippen LogP contribution is 2.38. The summed E-state index contributed by atoms with van der Waals surface area (Å²) < 4.78 is 27.6. The van der Waals surface area contributed by atoms with Gasteiger partial charge in [-0.25, -0.2) is 9.36 Å². The number of phosphoric acid groups is 1. The van der Waals surface area contributed by atoms with E-state index in [1.165, 1.54) is 13.1 Å². The number of nitrogens with one attached hydrogen (secondary N) is 1. The Morgan fingerprint density at radius 2 is 2.08 bits per heavy atom. The van der Waals surface area contributed by atoms with Crippen LogP contribution in [0, 0.1) is 6.92 Å². The smallest absolute Gasteiger partial charge is 0.387 e. The normalized spacial score (nSPS) is 26.3. The number of aryl methyl sites for hydroxylation is 1. The molecule has 4 atom stereocenters. The molecule has 1 aliphatic rings. The Morgan fingerprint density at radius 1 is 1.38 bits per heavy atom. The minimum Gasteiger partial charge on any atom is -0.387 e. The summed E-state index contributed by atoms with van der Waals surface area (Å²) in [4.78, 5) is 43.4. The molecule has 2 heterocycles. The molecule has 0 unspecified atom stereocenters. The van der Waals surface area contributed by atoms with Crippen molar-refractivity contribution in [1.82, 2.24) is 9.55 Å². The molecule has 0 bridgehead atoms. The molecule has 0 radical (unpaired) electrons. The standard InChI is InChI=1S/C14H23N2O9P/c1-3-4-5-23-11-10(17)9(7-24-26(20,21)22)25-13(11)16-6-8(2)12(18)15-14(16)19/h6,9-11,13,17H,3-5,7H2,1-2H3,(H,15,18,19)(H2,20,21,22)/t9-,10-,11-,13-/m1/s1. The van der Waals surface area contributed by atoms with Crippen LogP contribution in [0.5, 0.6) is 0 Å². The molecule has 148 valence electrons. The van der Waals surface area contributed by atoms with Crippen LogP contribution in [0.2, 0.25) is 0 Å². The molecule has 12 heteroatoms. The second kappa shape index (κ2) is 8.57. The highest BCUT2D eigenvalue weighted by Gasteiger charge is 2.46. The van der Waals surface area contributed by atoms with Gasteiger partial charge < -0.3 is 24.4 Å². The maximum Gasteiger partial charge on any atom is 0.469 e. The number of aromatic amines is 1. The third-order valence-corrected chi connectivity index (χ3v) is 4.43. The highest BCUT2D eigenvalue weighted by atomic mass is 31.2. The number of ether oxygens (including phenoxy) is 2. The van der Waals surface area contributed by atoms with Crippen LogP contribution in [-0.2, 0) is 18.6 Å². The van der Waals surface area contributed by atoms with Crippen LogP contribution in [0.15, 0.2) is 15.8 Å². The maximum absolute atomic E-state index is 12.1. The lowest BCUT2D eigenvalue weighted by molar-refractivity contribution is -0.0745. The summed E-state index contributed by atoms with van der Waals surface area (Å²) in [7, 11) is -4.75. The first-order valence-corrected chi connectivity index (χ1v) is 9.64. The van der Waals surface area contributed by atoms with Gasteiger partial charge in [0.15, 0.2) is 6.23 Å². The third-order valence-electron chi connectivity index (χ3n) is 3.95. The number of phosphoric ester groups is 1. The van der Waals surface area contributed by atoms with Crippen molar-refractivity contribution >= 4 is 7.82 Å². The molecule has 1 aromatic rings. The number of aromatic nitrogens is 2. The lowest BCUT2D eigenvalue weighted by Crippen LogP contribution is -2.40. The van der Waals surface area contributed by atoms with E-state index in [0.717, 1.165) is 11.0 Å². The lowest BCUT2D eigenvalue weighted by atomic mass is 10.1. The van der Waals surface area contributed by atoms with Crippen molar-refractivity contribution in [1.29, 1.82) is 0 Å². The average molecular weight is 394 g/mol. The Balaban J connectivity index is 2.28. The van der Waals surface area contributed by atoms with Crippen LogP contribution in [0.1, 0.15) is 31.6 Å². The van der Waals surface area contributed by atoms with Crippen LogP contribution in [0.25, 0.3) is 0 Å². The molecule has 1 saturated heterocycles.